The summed E-state index contributed by atoms with van der Waals surface area (Å²) >= 11 is 1.67. The molecular weight excluding hydrogens is 292 g/mol. The molecule has 0 radical (unpaired) electrons. The third-order valence-corrected chi connectivity index (χ3v) is 5.76. The predicted octanol–water partition coefficient (Wildman–Crippen LogP) is 2.91. The van der Waals surface area contributed by atoms with Gasteiger partial charge in [0.2, 0.25) is 0 Å². The maximum absolute atomic E-state index is 12.4. The second kappa shape index (κ2) is 6.04. The fourth-order valence-corrected chi connectivity index (χ4v) is 4.11. The molecule has 3 rings (SSSR count). The number of hydrogen-bond donors (Lipinski definition) is 2. The van der Waals surface area contributed by atoms with Crippen molar-refractivity contribution in [1.29, 1.82) is 0 Å². The summed E-state index contributed by atoms with van der Waals surface area (Å²) in [5.41, 5.74) is 7.03. The minimum Gasteiger partial charge on any atom is -0.345 e. The lowest BCUT2D eigenvalue weighted by Crippen LogP contribution is -2.53. The minimum absolute atomic E-state index is 0. The maximum Gasteiger partial charge on any atom is 0.261 e. The molecule has 1 saturated carbocycles. The first-order valence-electron chi connectivity index (χ1n) is 7.26. The smallest absolute Gasteiger partial charge is 0.261 e. The lowest BCUT2D eigenvalue weighted by Gasteiger charge is -2.29. The van der Waals surface area contributed by atoms with E-state index in [4.69, 9.17) is 5.73 Å². The van der Waals surface area contributed by atoms with Gasteiger partial charge >= 0.3 is 0 Å². The molecule has 0 spiro atoms. The topological polar surface area (TPSA) is 55.1 Å². The molecule has 1 amide bonds. The Morgan fingerprint density at radius 3 is 2.75 bits per heavy atom. The van der Waals surface area contributed by atoms with Crippen molar-refractivity contribution in [1.82, 2.24) is 5.32 Å². The van der Waals surface area contributed by atoms with Gasteiger partial charge < -0.3 is 11.1 Å². The summed E-state index contributed by atoms with van der Waals surface area (Å²) in [4.78, 5) is 14.7. The standard InChI is InChI=1S/C15H22N2OS.ClH/c1-15(9-16,11-6-7-11)17-14(18)13-8-10-4-2-3-5-12(10)19-13;/h8,11H,2-7,9,16H2,1H3,(H,17,18);1H. The summed E-state index contributed by atoms with van der Waals surface area (Å²) < 4.78 is 0. The summed E-state index contributed by atoms with van der Waals surface area (Å²) in [5.74, 6) is 0.635. The van der Waals surface area contributed by atoms with E-state index in [1.165, 1.54) is 36.1 Å². The van der Waals surface area contributed by atoms with Gasteiger partial charge in [0.05, 0.1) is 10.4 Å². The van der Waals surface area contributed by atoms with Gasteiger partial charge in [-0.25, -0.2) is 0 Å². The van der Waals surface area contributed by atoms with Crippen LogP contribution in [0.5, 0.6) is 0 Å². The molecule has 20 heavy (non-hydrogen) atoms. The number of aryl methyl sites for hydroxylation is 2. The first-order valence-corrected chi connectivity index (χ1v) is 8.08. The molecule has 1 aromatic rings. The Kier molecular flexibility index (Phi) is 4.77. The van der Waals surface area contributed by atoms with Gasteiger partial charge in [-0.1, -0.05) is 0 Å². The summed E-state index contributed by atoms with van der Waals surface area (Å²) in [6, 6.07) is 2.10. The molecule has 2 aliphatic rings. The summed E-state index contributed by atoms with van der Waals surface area (Å²) in [7, 11) is 0. The molecule has 0 saturated heterocycles. The molecule has 5 heteroatoms. The first kappa shape index (κ1) is 15.8. The Morgan fingerprint density at radius 2 is 2.15 bits per heavy atom. The molecule has 0 bridgehead atoms. The fraction of sp³-hybridized carbons (Fsp3) is 0.667. The van der Waals surface area contributed by atoms with E-state index in [9.17, 15) is 4.79 Å². The zero-order chi connectivity index (χ0) is 13.5. The molecular formula is C15H23ClN2OS. The van der Waals surface area contributed by atoms with Crippen molar-refractivity contribution < 1.29 is 4.79 Å². The van der Waals surface area contributed by atoms with Crippen LogP contribution >= 0.6 is 23.7 Å². The number of halogens is 1. The van der Waals surface area contributed by atoms with Gasteiger partial charge in [-0.15, -0.1) is 23.7 Å². The van der Waals surface area contributed by atoms with Crippen LogP contribution in [0.25, 0.3) is 0 Å². The molecule has 1 fully saturated rings. The third-order valence-electron chi connectivity index (χ3n) is 4.52. The molecule has 3 N–H and O–H groups in total. The van der Waals surface area contributed by atoms with Crippen LogP contribution in [0.4, 0.5) is 0 Å². The van der Waals surface area contributed by atoms with Crippen molar-refractivity contribution in [3.05, 3.63) is 21.4 Å². The van der Waals surface area contributed by atoms with Crippen LogP contribution in [-0.4, -0.2) is 18.0 Å². The molecule has 0 aliphatic heterocycles. The van der Waals surface area contributed by atoms with Gasteiger partial charge in [0, 0.05) is 11.4 Å². The number of nitrogens with one attached hydrogen (secondary N) is 1. The van der Waals surface area contributed by atoms with Crippen LogP contribution in [0.15, 0.2) is 6.07 Å². The predicted molar refractivity (Wildman–Crippen MR) is 85.9 cm³/mol. The highest BCUT2D eigenvalue weighted by Crippen LogP contribution is 2.39. The van der Waals surface area contributed by atoms with Gasteiger partial charge in [-0.3, -0.25) is 4.79 Å². The van der Waals surface area contributed by atoms with Crippen molar-refractivity contribution in [2.75, 3.05) is 6.54 Å². The summed E-state index contributed by atoms with van der Waals surface area (Å²) in [5, 5.41) is 3.18. The number of amides is 1. The van der Waals surface area contributed by atoms with E-state index >= 15 is 0 Å². The van der Waals surface area contributed by atoms with E-state index in [2.05, 4.69) is 18.3 Å². The normalized spacial score (nSPS) is 20.5. The number of carbonyl (C=O) groups is 1. The fourth-order valence-electron chi connectivity index (χ4n) is 2.96. The summed E-state index contributed by atoms with van der Waals surface area (Å²) in [6.45, 7) is 2.60. The van der Waals surface area contributed by atoms with Gasteiger partial charge in [-0.2, -0.15) is 0 Å². The number of nitrogens with two attached hydrogens (primary N) is 1. The number of rotatable bonds is 4. The Morgan fingerprint density at radius 1 is 1.45 bits per heavy atom. The van der Waals surface area contributed by atoms with E-state index < -0.39 is 0 Å². The number of hydrogen-bond acceptors (Lipinski definition) is 3. The number of fused-ring (bicyclic) bond motifs is 1. The highest BCUT2D eigenvalue weighted by atomic mass is 35.5. The van der Waals surface area contributed by atoms with Crippen molar-refractivity contribution >= 4 is 29.7 Å². The highest BCUT2D eigenvalue weighted by molar-refractivity contribution is 7.14. The lowest BCUT2D eigenvalue weighted by atomic mass is 9.95. The average Bonchev–Trinajstić information content (AvgIpc) is 3.18. The zero-order valence-electron chi connectivity index (χ0n) is 11.9. The molecule has 2 aliphatic carbocycles. The molecule has 0 aromatic carbocycles. The van der Waals surface area contributed by atoms with Crippen LogP contribution in [0.2, 0.25) is 0 Å². The first-order chi connectivity index (χ1) is 9.12. The molecule has 1 atom stereocenters. The van der Waals surface area contributed by atoms with E-state index in [1.807, 2.05) is 0 Å². The second-order valence-corrected chi connectivity index (χ2v) is 7.25. The van der Waals surface area contributed by atoms with E-state index in [-0.39, 0.29) is 23.9 Å². The van der Waals surface area contributed by atoms with Gasteiger partial charge in [-0.05, 0) is 63.0 Å². The van der Waals surface area contributed by atoms with Gasteiger partial charge in [0.15, 0.2) is 0 Å². The van der Waals surface area contributed by atoms with E-state index in [0.717, 1.165) is 17.7 Å². The maximum atomic E-state index is 12.4. The molecule has 1 unspecified atom stereocenters. The van der Waals surface area contributed by atoms with Crippen LogP contribution in [0.1, 0.15) is 52.7 Å². The Balaban J connectivity index is 0.00000147. The zero-order valence-corrected chi connectivity index (χ0v) is 13.5. The second-order valence-electron chi connectivity index (χ2n) is 6.12. The van der Waals surface area contributed by atoms with Crippen molar-refractivity contribution in [2.45, 2.75) is 51.0 Å². The van der Waals surface area contributed by atoms with Crippen molar-refractivity contribution in [3.8, 4) is 0 Å². The van der Waals surface area contributed by atoms with E-state index in [0.29, 0.717) is 12.5 Å². The quantitative estimate of drug-likeness (QED) is 0.898. The van der Waals surface area contributed by atoms with Gasteiger partial charge in [0.1, 0.15) is 0 Å². The van der Waals surface area contributed by atoms with Gasteiger partial charge in [0.25, 0.3) is 5.91 Å². The molecule has 3 nitrogen and oxygen atoms in total. The Hall–Kier alpha value is -0.580. The van der Waals surface area contributed by atoms with Crippen molar-refractivity contribution in [2.24, 2.45) is 11.7 Å². The molecule has 1 heterocycles. The lowest BCUT2D eigenvalue weighted by molar-refractivity contribution is 0.0902. The third kappa shape index (κ3) is 3.02. The highest BCUT2D eigenvalue weighted by Gasteiger charge is 2.41. The monoisotopic (exact) mass is 314 g/mol. The minimum atomic E-state index is -0.221. The Bertz CT molecular complexity index is 475. The summed E-state index contributed by atoms with van der Waals surface area (Å²) in [6.07, 6.45) is 7.17. The van der Waals surface area contributed by atoms with Crippen LogP contribution in [0.3, 0.4) is 0 Å². The largest absolute Gasteiger partial charge is 0.345 e. The Labute approximate surface area is 130 Å². The van der Waals surface area contributed by atoms with Crippen LogP contribution in [-0.2, 0) is 12.8 Å². The average molecular weight is 315 g/mol. The SMILES string of the molecule is CC(CN)(NC(=O)c1cc2c(s1)CCCC2)C1CC1.Cl. The van der Waals surface area contributed by atoms with Crippen LogP contribution < -0.4 is 11.1 Å². The van der Waals surface area contributed by atoms with E-state index in [1.54, 1.807) is 11.3 Å². The van der Waals surface area contributed by atoms with Crippen LogP contribution in [0, 0.1) is 5.92 Å². The number of thiophene rings is 1. The molecule has 112 valence electrons. The van der Waals surface area contributed by atoms with Crippen molar-refractivity contribution in [3.63, 3.8) is 0 Å². The number of carbonyl (C=O) groups excluding carboxylic acids is 1. The molecule has 1 aromatic heterocycles.